The number of hydrogen-bond acceptors (Lipinski definition) is 5. The summed E-state index contributed by atoms with van der Waals surface area (Å²) in [5.74, 6) is -3.30. The van der Waals surface area contributed by atoms with E-state index in [0.29, 0.717) is 6.42 Å². The third-order valence-electron chi connectivity index (χ3n) is 4.50. The number of hydrogen-bond donors (Lipinski definition) is 4. The fraction of sp³-hybridized carbons (Fsp3) is 0.765. The third kappa shape index (κ3) is 5.38. The molecule has 0 aromatic carbocycles. The highest BCUT2D eigenvalue weighted by atomic mass is 19.1. The molecule has 1 unspecified atom stereocenters. The molecule has 2 rings (SSSR count). The van der Waals surface area contributed by atoms with Crippen molar-refractivity contribution in [2.75, 3.05) is 6.54 Å². The highest BCUT2D eigenvalue weighted by Gasteiger charge is 2.54. The normalized spacial score (nSPS) is 24.3. The van der Waals surface area contributed by atoms with Crippen molar-refractivity contribution in [3.63, 3.8) is 0 Å². The lowest BCUT2D eigenvalue weighted by Gasteiger charge is -2.38. The van der Waals surface area contributed by atoms with Crippen LogP contribution in [0.25, 0.3) is 0 Å². The van der Waals surface area contributed by atoms with E-state index in [4.69, 9.17) is 15.6 Å². The van der Waals surface area contributed by atoms with Gasteiger partial charge in [0.25, 0.3) is 17.8 Å². The number of likely N-dealkylation sites (tertiary alicyclic amines) is 1. The lowest BCUT2D eigenvalue weighted by molar-refractivity contribution is -0.169. The van der Waals surface area contributed by atoms with Crippen LogP contribution in [0.15, 0.2) is 0 Å². The van der Waals surface area contributed by atoms with Gasteiger partial charge in [-0.1, -0.05) is 20.8 Å². The zero-order chi connectivity index (χ0) is 21.2. The van der Waals surface area contributed by atoms with Crippen molar-refractivity contribution in [2.45, 2.75) is 70.8 Å². The quantitative estimate of drug-likeness (QED) is 0.527. The number of carboxylic acid groups (broad SMARTS) is 1. The van der Waals surface area contributed by atoms with Crippen LogP contribution < -0.4 is 11.1 Å². The zero-order valence-electron chi connectivity index (χ0n) is 16.0. The Balaban J connectivity index is 0.000000828. The van der Waals surface area contributed by atoms with Gasteiger partial charge in [-0.05, 0) is 24.7 Å². The summed E-state index contributed by atoms with van der Waals surface area (Å²) in [6.07, 6.45) is 0.743. The molecule has 10 heteroatoms. The lowest BCUT2D eigenvalue weighted by atomic mass is 9.85. The number of carbonyl (C=O) groups excluding carboxylic acids is 3. The van der Waals surface area contributed by atoms with Crippen LogP contribution in [0.3, 0.4) is 0 Å². The van der Waals surface area contributed by atoms with E-state index in [1.54, 1.807) is 20.8 Å². The van der Waals surface area contributed by atoms with E-state index >= 15 is 0 Å². The van der Waals surface area contributed by atoms with Gasteiger partial charge < -0.3 is 26.2 Å². The standard InChI is InChI=1S/C15H24FN3O4.C2H4O2/c1-13(2,3)9(18-12(22)14(16)6-7-14)10(20)19-8-4-5-15(19,23)11(17)21;1-2(3)4/h9,23H,4-8H2,1-3H3,(H2,17,21)(H,18,22);1H3,(H,3,4)/t9-,15?;/m1./s1. The minimum Gasteiger partial charge on any atom is -0.481 e. The van der Waals surface area contributed by atoms with Crippen LogP contribution in [0.4, 0.5) is 4.39 Å². The first kappa shape index (κ1) is 22.8. The van der Waals surface area contributed by atoms with Gasteiger partial charge in [-0.2, -0.15) is 0 Å². The van der Waals surface area contributed by atoms with E-state index < -0.39 is 46.5 Å². The van der Waals surface area contributed by atoms with Crippen LogP contribution in [0.2, 0.25) is 0 Å². The molecule has 5 N–H and O–H groups in total. The third-order valence-corrected chi connectivity index (χ3v) is 4.50. The van der Waals surface area contributed by atoms with Crippen molar-refractivity contribution in [2.24, 2.45) is 11.1 Å². The molecule has 27 heavy (non-hydrogen) atoms. The molecule has 9 nitrogen and oxygen atoms in total. The number of amides is 3. The minimum absolute atomic E-state index is 0.0476. The van der Waals surface area contributed by atoms with E-state index in [-0.39, 0.29) is 25.8 Å². The molecule has 1 aliphatic carbocycles. The van der Waals surface area contributed by atoms with Gasteiger partial charge in [0.05, 0.1) is 0 Å². The number of nitrogens with one attached hydrogen (secondary N) is 1. The molecule has 1 saturated heterocycles. The average Bonchev–Trinajstić information content (AvgIpc) is 3.12. The summed E-state index contributed by atoms with van der Waals surface area (Å²) >= 11 is 0. The van der Waals surface area contributed by atoms with Crippen molar-refractivity contribution < 1.29 is 33.8 Å². The highest BCUT2D eigenvalue weighted by Crippen LogP contribution is 2.40. The molecular formula is C17H28FN3O6. The number of nitrogens with zero attached hydrogens (tertiary/aromatic N) is 1. The first-order chi connectivity index (χ1) is 12.1. The lowest BCUT2D eigenvalue weighted by Crippen LogP contribution is -2.63. The van der Waals surface area contributed by atoms with Gasteiger partial charge in [0.2, 0.25) is 11.6 Å². The van der Waals surface area contributed by atoms with Crippen LogP contribution >= 0.6 is 0 Å². The molecule has 3 amide bonds. The van der Waals surface area contributed by atoms with Gasteiger partial charge in [0.1, 0.15) is 6.04 Å². The van der Waals surface area contributed by atoms with Crippen molar-refractivity contribution in [3.05, 3.63) is 0 Å². The maximum atomic E-state index is 13.9. The highest BCUT2D eigenvalue weighted by molar-refractivity contribution is 5.96. The van der Waals surface area contributed by atoms with Gasteiger partial charge in [-0.3, -0.25) is 19.2 Å². The number of nitrogens with two attached hydrogens (primary N) is 1. The van der Waals surface area contributed by atoms with Crippen LogP contribution in [-0.2, 0) is 19.2 Å². The summed E-state index contributed by atoms with van der Waals surface area (Å²) in [6.45, 7) is 6.38. The Morgan fingerprint density at radius 1 is 1.19 bits per heavy atom. The second kappa shape index (κ2) is 7.79. The summed E-state index contributed by atoms with van der Waals surface area (Å²) in [4.78, 5) is 46.3. The van der Waals surface area contributed by atoms with E-state index in [9.17, 15) is 23.9 Å². The molecule has 2 atom stereocenters. The second-order valence-corrected chi connectivity index (χ2v) is 8.03. The van der Waals surface area contributed by atoms with Gasteiger partial charge in [-0.25, -0.2) is 4.39 Å². The number of carbonyl (C=O) groups is 4. The van der Waals surface area contributed by atoms with Crippen molar-refractivity contribution >= 4 is 23.7 Å². The number of primary amides is 1. The Bertz CT molecular complexity index is 625. The molecule has 0 radical (unpaired) electrons. The molecule has 154 valence electrons. The number of aliphatic hydroxyl groups is 1. The molecule has 0 spiro atoms. The Labute approximate surface area is 157 Å². The molecular weight excluding hydrogens is 361 g/mol. The van der Waals surface area contributed by atoms with E-state index in [1.165, 1.54) is 0 Å². The summed E-state index contributed by atoms with van der Waals surface area (Å²) in [7, 11) is 0. The number of carboxylic acids is 1. The van der Waals surface area contributed by atoms with Crippen molar-refractivity contribution in [1.29, 1.82) is 0 Å². The molecule has 1 aliphatic heterocycles. The summed E-state index contributed by atoms with van der Waals surface area (Å²) < 4.78 is 13.9. The molecule has 2 fully saturated rings. The minimum atomic E-state index is -2.06. The maximum absolute atomic E-state index is 13.9. The Kier molecular flexibility index (Phi) is 6.58. The SMILES string of the molecule is CC(=O)O.CC(C)(C)[C@H](NC(=O)C1(F)CC1)C(=O)N1CCCC1(O)C(N)=O. The van der Waals surface area contributed by atoms with Gasteiger partial charge in [0, 0.05) is 19.9 Å². The molecule has 0 aromatic rings. The average molecular weight is 389 g/mol. The zero-order valence-corrected chi connectivity index (χ0v) is 16.0. The Morgan fingerprint density at radius 3 is 2.04 bits per heavy atom. The predicted octanol–water partition coefficient (Wildman–Crippen LogP) is -0.0934. The summed E-state index contributed by atoms with van der Waals surface area (Å²) in [5.41, 5.74) is 0.531. The second-order valence-electron chi connectivity index (χ2n) is 8.03. The number of aliphatic carboxylic acids is 1. The first-order valence-corrected chi connectivity index (χ1v) is 8.68. The fourth-order valence-corrected chi connectivity index (χ4v) is 2.75. The smallest absolute Gasteiger partial charge is 0.300 e. The van der Waals surface area contributed by atoms with E-state index in [2.05, 4.69) is 5.32 Å². The van der Waals surface area contributed by atoms with E-state index in [1.807, 2.05) is 0 Å². The number of alkyl halides is 1. The molecule has 1 heterocycles. The van der Waals surface area contributed by atoms with Crippen molar-refractivity contribution in [3.8, 4) is 0 Å². The van der Waals surface area contributed by atoms with Crippen LogP contribution in [-0.4, -0.2) is 62.8 Å². The topological polar surface area (TPSA) is 150 Å². The van der Waals surface area contributed by atoms with E-state index in [0.717, 1.165) is 11.8 Å². The monoisotopic (exact) mass is 389 g/mol. The first-order valence-electron chi connectivity index (χ1n) is 8.68. The van der Waals surface area contributed by atoms with Gasteiger partial charge in [-0.15, -0.1) is 0 Å². The Hall–Kier alpha value is -2.23. The fourth-order valence-electron chi connectivity index (χ4n) is 2.75. The largest absolute Gasteiger partial charge is 0.481 e. The molecule has 0 aromatic heterocycles. The van der Waals surface area contributed by atoms with Crippen molar-refractivity contribution in [1.82, 2.24) is 10.2 Å². The summed E-state index contributed by atoms with van der Waals surface area (Å²) in [5, 5.41) is 20.2. The predicted molar refractivity (Wildman–Crippen MR) is 92.9 cm³/mol. The maximum Gasteiger partial charge on any atom is 0.300 e. The van der Waals surface area contributed by atoms with Crippen LogP contribution in [0.1, 0.15) is 53.4 Å². The Morgan fingerprint density at radius 2 is 1.67 bits per heavy atom. The molecule has 1 saturated carbocycles. The van der Waals surface area contributed by atoms with Crippen LogP contribution in [0, 0.1) is 5.41 Å². The van der Waals surface area contributed by atoms with Crippen LogP contribution in [0.5, 0.6) is 0 Å². The molecule has 2 aliphatic rings. The van der Waals surface area contributed by atoms with Gasteiger partial charge in [0.15, 0.2) is 5.67 Å². The number of rotatable bonds is 4. The van der Waals surface area contributed by atoms with Gasteiger partial charge >= 0.3 is 0 Å². The number of halogens is 1. The molecule has 0 bridgehead atoms. The summed E-state index contributed by atoms with van der Waals surface area (Å²) in [6, 6.07) is -1.06.